The average molecular weight is 376 g/mol. The summed E-state index contributed by atoms with van der Waals surface area (Å²) in [6, 6.07) is 0.529. The van der Waals surface area contributed by atoms with Gasteiger partial charge in [0.05, 0.1) is 17.6 Å². The van der Waals surface area contributed by atoms with E-state index in [0.29, 0.717) is 23.9 Å². The van der Waals surface area contributed by atoms with Crippen LogP contribution in [-0.2, 0) is 9.47 Å². The molecular weight excluding hydrogens is 344 g/mol. The minimum atomic E-state index is 0.180. The molecule has 24 heavy (non-hydrogen) atoms. The molecule has 7 heteroatoms. The predicted molar refractivity (Wildman–Crippen MR) is 102 cm³/mol. The van der Waals surface area contributed by atoms with Gasteiger partial charge in [-0.05, 0) is 51.0 Å². The third-order valence-electron chi connectivity index (χ3n) is 5.57. The van der Waals surface area contributed by atoms with Crippen molar-refractivity contribution < 1.29 is 9.47 Å². The summed E-state index contributed by atoms with van der Waals surface area (Å²) < 4.78 is 11.2. The van der Waals surface area contributed by atoms with Crippen LogP contribution in [0.1, 0.15) is 38.5 Å². The third kappa shape index (κ3) is 4.81. The van der Waals surface area contributed by atoms with E-state index in [2.05, 4.69) is 17.1 Å². The Kier molecular flexibility index (Phi) is 7.58. The molecule has 3 rings (SSSR count). The van der Waals surface area contributed by atoms with Crippen molar-refractivity contribution in [2.24, 2.45) is 5.92 Å². The number of hydrogen-bond donors (Lipinski definition) is 1. The Morgan fingerprint density at radius 2 is 2.00 bits per heavy atom. The van der Waals surface area contributed by atoms with Gasteiger partial charge in [0.15, 0.2) is 0 Å². The highest BCUT2D eigenvalue weighted by Crippen LogP contribution is 2.37. The average Bonchev–Trinajstić information content (AvgIpc) is 3.09. The molecule has 1 saturated carbocycles. The van der Waals surface area contributed by atoms with E-state index in [0.717, 1.165) is 37.2 Å². The molecule has 2 saturated heterocycles. The molecule has 6 unspecified atom stereocenters. The van der Waals surface area contributed by atoms with Gasteiger partial charge < -0.3 is 25.1 Å². The van der Waals surface area contributed by atoms with E-state index in [-0.39, 0.29) is 17.6 Å². The second kappa shape index (κ2) is 9.44. The number of rotatable bonds is 6. The van der Waals surface area contributed by atoms with Crippen LogP contribution in [0.3, 0.4) is 0 Å². The van der Waals surface area contributed by atoms with Crippen LogP contribution < -0.4 is 5.32 Å². The Morgan fingerprint density at radius 1 is 1.17 bits per heavy atom. The highest BCUT2D eigenvalue weighted by Gasteiger charge is 2.38. The van der Waals surface area contributed by atoms with Crippen molar-refractivity contribution in [1.29, 1.82) is 0 Å². The highest BCUT2D eigenvalue weighted by atomic mass is 32.2. The van der Waals surface area contributed by atoms with Crippen LogP contribution in [0.4, 0.5) is 0 Å². The molecular formula is C17H31N2O3S2-. The van der Waals surface area contributed by atoms with E-state index < -0.39 is 0 Å². The molecule has 0 aromatic rings. The van der Waals surface area contributed by atoms with E-state index in [1.165, 1.54) is 17.9 Å². The van der Waals surface area contributed by atoms with Gasteiger partial charge in [-0.1, -0.05) is 0 Å². The van der Waals surface area contributed by atoms with Gasteiger partial charge in [0.1, 0.15) is 0 Å². The van der Waals surface area contributed by atoms with Crippen molar-refractivity contribution in [3.8, 4) is 0 Å². The molecule has 0 radical (unpaired) electrons. The minimum absolute atomic E-state index is 0.180. The van der Waals surface area contributed by atoms with Gasteiger partial charge in [-0.3, -0.25) is 0 Å². The Morgan fingerprint density at radius 3 is 2.75 bits per heavy atom. The van der Waals surface area contributed by atoms with Crippen LogP contribution in [0.15, 0.2) is 0 Å². The van der Waals surface area contributed by atoms with Crippen LogP contribution in [-0.4, -0.2) is 66.3 Å². The number of nitrogens with zero attached hydrogens (tertiary/aromatic N) is 1. The van der Waals surface area contributed by atoms with Crippen LogP contribution in [0.5, 0.6) is 0 Å². The summed E-state index contributed by atoms with van der Waals surface area (Å²) in [5.74, 6) is 2.87. The normalized spacial score (nSPS) is 41.6. The van der Waals surface area contributed by atoms with Crippen LogP contribution >= 0.6 is 23.5 Å². The van der Waals surface area contributed by atoms with Gasteiger partial charge >= 0.3 is 0 Å². The summed E-state index contributed by atoms with van der Waals surface area (Å²) >= 11 is 3.91. The number of hydroxylamine groups is 2. The number of piperidine rings is 1. The van der Waals surface area contributed by atoms with Crippen molar-refractivity contribution in [3.05, 3.63) is 5.21 Å². The Labute approximate surface area is 154 Å². The molecule has 0 spiro atoms. The van der Waals surface area contributed by atoms with Crippen molar-refractivity contribution in [2.45, 2.75) is 67.5 Å². The first kappa shape index (κ1) is 19.3. The highest BCUT2D eigenvalue weighted by molar-refractivity contribution is 8.01. The Balaban J connectivity index is 1.42. The smallest absolute Gasteiger partial charge is 0.0836 e. The van der Waals surface area contributed by atoms with Crippen LogP contribution in [0.2, 0.25) is 0 Å². The molecule has 1 N–H and O–H groups in total. The molecule has 5 nitrogen and oxygen atoms in total. The number of thioether (sulfide) groups is 2. The van der Waals surface area contributed by atoms with E-state index in [1.54, 1.807) is 14.2 Å². The van der Waals surface area contributed by atoms with Crippen molar-refractivity contribution in [1.82, 2.24) is 10.4 Å². The van der Waals surface area contributed by atoms with Crippen molar-refractivity contribution in [3.63, 3.8) is 0 Å². The van der Waals surface area contributed by atoms with Crippen LogP contribution in [0.25, 0.3) is 0 Å². The summed E-state index contributed by atoms with van der Waals surface area (Å²) in [7, 11) is 3.59. The molecule has 140 valence electrons. The standard InChI is InChI=1S/C17H31N2O3S2/c1-21-14-7-6-12(9-15(14)22-2)17-18-13(11-24-17)10-23-16-5-3-4-8-19(16)20/h12-18H,3-11H2,1-2H3/q-1. The molecule has 3 fully saturated rings. The SMILES string of the molecule is COC1CCC(C2NC(CSC3CCCCN3[O-])CS2)CC1OC. The van der Waals surface area contributed by atoms with Crippen LogP contribution in [0, 0.1) is 11.1 Å². The van der Waals surface area contributed by atoms with E-state index >= 15 is 0 Å². The lowest BCUT2D eigenvalue weighted by Crippen LogP contribution is -2.44. The van der Waals surface area contributed by atoms with E-state index in [4.69, 9.17) is 9.47 Å². The second-order valence-corrected chi connectivity index (χ2v) is 9.55. The molecule has 1 aliphatic carbocycles. The lowest BCUT2D eigenvalue weighted by atomic mass is 9.84. The minimum Gasteiger partial charge on any atom is -0.784 e. The first-order valence-electron chi connectivity index (χ1n) is 9.20. The second-order valence-electron chi connectivity index (χ2n) is 7.16. The molecule has 0 amide bonds. The Hall–Kier alpha value is 0.500. The fourth-order valence-electron chi connectivity index (χ4n) is 4.11. The van der Waals surface area contributed by atoms with Gasteiger partial charge in [0, 0.05) is 37.1 Å². The van der Waals surface area contributed by atoms with Gasteiger partial charge in [0.25, 0.3) is 0 Å². The first-order valence-corrected chi connectivity index (χ1v) is 11.3. The summed E-state index contributed by atoms with van der Waals surface area (Å²) in [6.07, 6.45) is 7.16. The van der Waals surface area contributed by atoms with Gasteiger partial charge in [0.2, 0.25) is 0 Å². The molecule has 6 atom stereocenters. The summed E-state index contributed by atoms with van der Waals surface area (Å²) in [6.45, 7) is 0.717. The van der Waals surface area contributed by atoms with Gasteiger partial charge in [-0.25, -0.2) is 0 Å². The predicted octanol–water partition coefficient (Wildman–Crippen LogP) is 2.89. The van der Waals surface area contributed by atoms with Gasteiger partial charge in [-0.15, -0.1) is 23.5 Å². The Bertz CT molecular complexity index is 391. The third-order valence-corrected chi connectivity index (χ3v) is 8.50. The van der Waals surface area contributed by atoms with Gasteiger partial charge in [-0.2, -0.15) is 0 Å². The first-order chi connectivity index (χ1) is 11.7. The van der Waals surface area contributed by atoms with E-state index in [9.17, 15) is 5.21 Å². The zero-order valence-corrected chi connectivity index (χ0v) is 16.4. The molecule has 0 aromatic carbocycles. The number of nitrogens with one attached hydrogen (secondary N) is 1. The quantitative estimate of drug-likeness (QED) is 0.766. The maximum absolute atomic E-state index is 11.9. The van der Waals surface area contributed by atoms with Crippen molar-refractivity contribution >= 4 is 23.5 Å². The summed E-state index contributed by atoms with van der Waals surface area (Å²) in [4.78, 5) is 0. The maximum atomic E-state index is 11.9. The fourth-order valence-corrected chi connectivity index (χ4v) is 6.99. The van der Waals surface area contributed by atoms with Crippen molar-refractivity contribution in [2.75, 3.05) is 32.3 Å². The lowest BCUT2D eigenvalue weighted by Gasteiger charge is -2.40. The number of methoxy groups -OCH3 is 2. The van der Waals surface area contributed by atoms with E-state index in [1.807, 2.05) is 11.8 Å². The number of ether oxygens (including phenoxy) is 2. The molecule has 3 aliphatic rings. The maximum Gasteiger partial charge on any atom is 0.0836 e. The summed E-state index contributed by atoms with van der Waals surface area (Å²) in [5.41, 5.74) is 0. The topological polar surface area (TPSA) is 56.8 Å². The largest absolute Gasteiger partial charge is 0.784 e. The molecule has 0 bridgehead atoms. The molecule has 2 aliphatic heterocycles. The zero-order valence-electron chi connectivity index (χ0n) is 14.8. The monoisotopic (exact) mass is 375 g/mol. The molecule has 2 heterocycles. The molecule has 0 aromatic heterocycles. The fraction of sp³-hybridized carbons (Fsp3) is 1.00. The lowest BCUT2D eigenvalue weighted by molar-refractivity contribution is -0.0710. The zero-order chi connectivity index (χ0) is 16.9. The number of hydrogen-bond acceptors (Lipinski definition) is 7. The summed E-state index contributed by atoms with van der Waals surface area (Å²) in [5, 5.41) is 17.7.